The summed E-state index contributed by atoms with van der Waals surface area (Å²) in [6.07, 6.45) is 17.2. The average molecular weight is 458 g/mol. The molecule has 8 atom stereocenters. The highest BCUT2D eigenvalue weighted by atomic mass is 16.5. The smallest absolute Gasteiger partial charge is 0.0628 e. The Morgan fingerprint density at radius 2 is 1.79 bits per heavy atom. The van der Waals surface area contributed by atoms with E-state index < -0.39 is 0 Å². The molecule has 4 aliphatic carbocycles. The van der Waals surface area contributed by atoms with Crippen LogP contribution in [0.15, 0.2) is 11.6 Å². The average Bonchev–Trinajstić information content (AvgIpc) is 2.73. The standard InChI is InChI=1S/C31H55NO/c1-21(2)17-22-13-15-30(6)23(18-22)9-11-27-26(30)12-10-24-19-25(14-16-31(24,27)7)33-20-28(32-8)29(3,4)5/h11,21-26,28,32H,9-10,12-20H2,1-8H3/t22?,23?,24?,25?,26?,28?,30?,31-/m0/s1. The van der Waals surface area contributed by atoms with Crippen LogP contribution in [0.5, 0.6) is 0 Å². The van der Waals surface area contributed by atoms with Crippen molar-refractivity contribution in [1.29, 1.82) is 0 Å². The molecule has 190 valence electrons. The third-order valence-corrected chi connectivity index (χ3v) is 11.0. The van der Waals surface area contributed by atoms with Crippen molar-refractivity contribution in [2.24, 2.45) is 45.8 Å². The Hall–Kier alpha value is -0.340. The number of hydrogen-bond acceptors (Lipinski definition) is 2. The molecule has 0 aromatic rings. The Morgan fingerprint density at radius 1 is 1.03 bits per heavy atom. The van der Waals surface area contributed by atoms with Crippen LogP contribution < -0.4 is 5.32 Å². The molecule has 0 heterocycles. The summed E-state index contributed by atoms with van der Waals surface area (Å²) in [6, 6.07) is 0.422. The quantitative estimate of drug-likeness (QED) is 0.408. The van der Waals surface area contributed by atoms with Crippen LogP contribution in [0, 0.1) is 45.8 Å². The van der Waals surface area contributed by atoms with E-state index in [2.05, 4.69) is 66.9 Å². The first-order chi connectivity index (χ1) is 15.5. The zero-order valence-corrected chi connectivity index (χ0v) is 23.3. The lowest BCUT2D eigenvalue weighted by molar-refractivity contribution is -0.0692. The lowest BCUT2D eigenvalue weighted by Crippen LogP contribution is -2.52. The lowest BCUT2D eigenvalue weighted by Gasteiger charge is -2.60. The third kappa shape index (κ3) is 5.00. The Balaban J connectivity index is 1.42. The second-order valence-electron chi connectivity index (χ2n) is 14.5. The lowest BCUT2D eigenvalue weighted by atomic mass is 9.45. The number of allylic oxidation sites excluding steroid dienone is 2. The van der Waals surface area contributed by atoms with Gasteiger partial charge in [0.2, 0.25) is 0 Å². The van der Waals surface area contributed by atoms with Gasteiger partial charge in [-0.25, -0.2) is 0 Å². The van der Waals surface area contributed by atoms with E-state index in [1.54, 1.807) is 0 Å². The maximum Gasteiger partial charge on any atom is 0.0628 e. The molecule has 0 saturated heterocycles. The van der Waals surface area contributed by atoms with Gasteiger partial charge in [0.15, 0.2) is 0 Å². The summed E-state index contributed by atoms with van der Waals surface area (Å²) in [5.41, 5.74) is 3.12. The van der Waals surface area contributed by atoms with Crippen molar-refractivity contribution in [3.05, 3.63) is 11.6 Å². The molecule has 0 radical (unpaired) electrons. The van der Waals surface area contributed by atoms with E-state index in [9.17, 15) is 0 Å². The van der Waals surface area contributed by atoms with Gasteiger partial charge in [-0.2, -0.15) is 0 Å². The molecule has 0 aromatic carbocycles. The van der Waals surface area contributed by atoms with Crippen molar-refractivity contribution in [2.75, 3.05) is 13.7 Å². The highest BCUT2D eigenvalue weighted by Gasteiger charge is 2.56. The Kier molecular flexibility index (Phi) is 7.49. The fourth-order valence-corrected chi connectivity index (χ4v) is 8.79. The minimum Gasteiger partial charge on any atom is -0.377 e. The largest absolute Gasteiger partial charge is 0.377 e. The molecular formula is C31H55NO. The molecule has 33 heavy (non-hydrogen) atoms. The summed E-state index contributed by atoms with van der Waals surface area (Å²) in [6.45, 7) is 18.0. The number of nitrogens with one attached hydrogen (secondary N) is 1. The zero-order valence-electron chi connectivity index (χ0n) is 23.3. The topological polar surface area (TPSA) is 21.3 Å². The van der Waals surface area contributed by atoms with Crippen LogP contribution in [0.3, 0.4) is 0 Å². The highest BCUT2D eigenvalue weighted by molar-refractivity contribution is 5.29. The summed E-state index contributed by atoms with van der Waals surface area (Å²) >= 11 is 0. The monoisotopic (exact) mass is 457 g/mol. The van der Waals surface area contributed by atoms with E-state index in [0.29, 0.717) is 23.0 Å². The van der Waals surface area contributed by atoms with Crippen LogP contribution >= 0.6 is 0 Å². The molecule has 0 aromatic heterocycles. The summed E-state index contributed by atoms with van der Waals surface area (Å²) in [7, 11) is 2.08. The van der Waals surface area contributed by atoms with Gasteiger partial charge in [-0.15, -0.1) is 0 Å². The molecule has 7 unspecified atom stereocenters. The van der Waals surface area contributed by atoms with Gasteiger partial charge in [0.05, 0.1) is 12.7 Å². The first-order valence-electron chi connectivity index (χ1n) is 14.5. The second-order valence-corrected chi connectivity index (χ2v) is 14.5. The van der Waals surface area contributed by atoms with Gasteiger partial charge in [0.1, 0.15) is 0 Å². The highest BCUT2D eigenvalue weighted by Crippen LogP contribution is 2.65. The van der Waals surface area contributed by atoms with Crippen molar-refractivity contribution in [3.8, 4) is 0 Å². The number of fused-ring (bicyclic) bond motifs is 5. The minimum atomic E-state index is 0.239. The summed E-state index contributed by atoms with van der Waals surface area (Å²) in [5, 5.41) is 3.49. The molecule has 4 rings (SSSR count). The van der Waals surface area contributed by atoms with Crippen molar-refractivity contribution in [1.82, 2.24) is 5.32 Å². The number of ether oxygens (including phenoxy) is 1. The van der Waals surface area contributed by atoms with Crippen molar-refractivity contribution in [3.63, 3.8) is 0 Å². The predicted molar refractivity (Wildman–Crippen MR) is 141 cm³/mol. The fourth-order valence-electron chi connectivity index (χ4n) is 8.79. The minimum absolute atomic E-state index is 0.239. The van der Waals surface area contributed by atoms with Crippen molar-refractivity contribution in [2.45, 2.75) is 125 Å². The number of likely N-dealkylation sites (N-methyl/N-ethyl adjacent to an activating group) is 1. The van der Waals surface area contributed by atoms with Gasteiger partial charge in [0.25, 0.3) is 0 Å². The van der Waals surface area contributed by atoms with Gasteiger partial charge >= 0.3 is 0 Å². The predicted octanol–water partition coefficient (Wildman–Crippen LogP) is 8.02. The van der Waals surface area contributed by atoms with Crippen LogP contribution in [-0.2, 0) is 4.74 Å². The van der Waals surface area contributed by atoms with Gasteiger partial charge in [-0.05, 0) is 117 Å². The van der Waals surface area contributed by atoms with Crippen molar-refractivity contribution < 1.29 is 4.74 Å². The van der Waals surface area contributed by atoms with Gasteiger partial charge in [-0.1, -0.05) is 60.1 Å². The normalized spacial score (nSPS) is 42.2. The zero-order chi connectivity index (χ0) is 24.0. The summed E-state index contributed by atoms with van der Waals surface area (Å²) in [4.78, 5) is 0. The summed E-state index contributed by atoms with van der Waals surface area (Å²) in [5.74, 6) is 4.43. The van der Waals surface area contributed by atoms with E-state index in [0.717, 1.165) is 36.2 Å². The van der Waals surface area contributed by atoms with E-state index in [1.807, 2.05) is 5.57 Å². The Morgan fingerprint density at radius 3 is 2.45 bits per heavy atom. The molecule has 0 amide bonds. The molecule has 3 fully saturated rings. The van der Waals surface area contributed by atoms with Gasteiger partial charge in [-0.3, -0.25) is 0 Å². The van der Waals surface area contributed by atoms with Crippen LogP contribution in [0.25, 0.3) is 0 Å². The molecule has 3 saturated carbocycles. The SMILES string of the molecule is CNC(COC1CC[C@]2(C)C3=CCC4CC(CC(C)C)CCC4(C)C3CCC2C1)C(C)(C)C. The van der Waals surface area contributed by atoms with Crippen LogP contribution in [-0.4, -0.2) is 25.8 Å². The molecular weight excluding hydrogens is 402 g/mol. The maximum absolute atomic E-state index is 6.56. The first-order valence-corrected chi connectivity index (χ1v) is 14.5. The number of rotatable bonds is 6. The summed E-state index contributed by atoms with van der Waals surface area (Å²) < 4.78 is 6.56. The molecule has 4 aliphatic rings. The molecule has 1 N–H and O–H groups in total. The molecule has 2 nitrogen and oxygen atoms in total. The number of hydrogen-bond donors (Lipinski definition) is 1. The van der Waals surface area contributed by atoms with Crippen LogP contribution in [0.4, 0.5) is 0 Å². The van der Waals surface area contributed by atoms with E-state index in [4.69, 9.17) is 4.74 Å². The van der Waals surface area contributed by atoms with Gasteiger partial charge in [0, 0.05) is 6.04 Å². The second kappa shape index (κ2) is 9.61. The van der Waals surface area contributed by atoms with E-state index >= 15 is 0 Å². The van der Waals surface area contributed by atoms with Crippen LogP contribution in [0.2, 0.25) is 0 Å². The molecule has 0 bridgehead atoms. The molecule has 2 heteroatoms. The van der Waals surface area contributed by atoms with E-state index in [1.165, 1.54) is 64.2 Å². The van der Waals surface area contributed by atoms with E-state index in [-0.39, 0.29) is 5.41 Å². The van der Waals surface area contributed by atoms with Gasteiger partial charge < -0.3 is 10.1 Å². The fraction of sp³-hybridized carbons (Fsp3) is 0.935. The Bertz CT molecular complexity index is 704. The van der Waals surface area contributed by atoms with Crippen LogP contribution in [0.1, 0.15) is 113 Å². The molecule has 0 spiro atoms. The molecule has 0 aliphatic heterocycles. The Labute approximate surface area is 206 Å². The maximum atomic E-state index is 6.56. The van der Waals surface area contributed by atoms with Crippen molar-refractivity contribution >= 4 is 0 Å². The first kappa shape index (κ1) is 25.7. The third-order valence-electron chi connectivity index (χ3n) is 11.0.